The van der Waals surface area contributed by atoms with Gasteiger partial charge in [0.05, 0.1) is 0 Å². The summed E-state index contributed by atoms with van der Waals surface area (Å²) in [4.78, 5) is 0. The Morgan fingerprint density at radius 1 is 2.00 bits per heavy atom. The SMILES string of the molecule is CC[O][Ta][Cl]. The normalized spacial score (nSPS) is 7.60. The first-order valence-corrected chi connectivity index (χ1v) is 6.64. The van der Waals surface area contributed by atoms with Gasteiger partial charge in [0.2, 0.25) is 0 Å². The van der Waals surface area contributed by atoms with Gasteiger partial charge in [0.25, 0.3) is 0 Å². The van der Waals surface area contributed by atoms with Crippen molar-refractivity contribution in [1.29, 1.82) is 0 Å². The number of hydrogen-bond donors (Lipinski definition) is 0. The second-order valence-electron chi connectivity index (χ2n) is 0.487. The van der Waals surface area contributed by atoms with Gasteiger partial charge in [-0.2, -0.15) is 0 Å². The van der Waals surface area contributed by atoms with Crippen LogP contribution in [-0.4, -0.2) is 6.61 Å². The van der Waals surface area contributed by atoms with E-state index in [4.69, 9.17) is 12.4 Å². The summed E-state index contributed by atoms with van der Waals surface area (Å²) in [5.41, 5.74) is 0. The first kappa shape index (κ1) is 5.99. The summed E-state index contributed by atoms with van der Waals surface area (Å²) in [6.07, 6.45) is 0. The molecule has 5 heavy (non-hydrogen) atoms. The van der Waals surface area contributed by atoms with Crippen molar-refractivity contribution in [2.75, 3.05) is 6.61 Å². The molecule has 1 nitrogen and oxygen atoms in total. The molecule has 3 heteroatoms. The standard InChI is InChI=1S/C2H5O.ClH.Ta/c1-2-3;;/h2H2,1H3;1H;/q-1;;+2/p-1. The van der Waals surface area contributed by atoms with Gasteiger partial charge < -0.3 is 0 Å². The molecule has 0 atom stereocenters. The van der Waals surface area contributed by atoms with E-state index in [2.05, 4.69) is 0 Å². The number of hydrogen-bond acceptors (Lipinski definition) is 1. The van der Waals surface area contributed by atoms with Crippen LogP contribution in [0.4, 0.5) is 0 Å². The third-order valence-corrected chi connectivity index (χ3v) is 2.25. The van der Waals surface area contributed by atoms with Crippen LogP contribution in [0.3, 0.4) is 0 Å². The predicted octanol–water partition coefficient (Wildman–Crippen LogP) is 1.17. The van der Waals surface area contributed by atoms with Crippen molar-refractivity contribution >= 4 is 9.19 Å². The Morgan fingerprint density at radius 2 is 2.60 bits per heavy atom. The first-order chi connectivity index (χ1) is 2.41. The Morgan fingerprint density at radius 3 is 2.60 bits per heavy atom. The van der Waals surface area contributed by atoms with Gasteiger partial charge in [-0.05, 0) is 0 Å². The van der Waals surface area contributed by atoms with E-state index < -0.39 is 19.1 Å². The zero-order chi connectivity index (χ0) is 4.12. The molecule has 0 amide bonds. The summed E-state index contributed by atoms with van der Waals surface area (Å²) < 4.78 is 4.78. The van der Waals surface area contributed by atoms with Crippen LogP contribution in [0, 0.1) is 0 Å². The Labute approximate surface area is 45.3 Å². The fourth-order valence-electron chi connectivity index (χ4n) is 0.0488. The van der Waals surface area contributed by atoms with Gasteiger partial charge in [0, 0.05) is 0 Å². The van der Waals surface area contributed by atoms with Crippen molar-refractivity contribution < 1.29 is 22.3 Å². The van der Waals surface area contributed by atoms with Crippen molar-refractivity contribution in [3.63, 3.8) is 0 Å². The fourth-order valence-corrected chi connectivity index (χ4v) is 1.20. The molecule has 0 aromatic heterocycles. The molecule has 0 aliphatic rings. The maximum atomic E-state index is 5.26. The first-order valence-electron chi connectivity index (χ1n) is 1.35. The summed E-state index contributed by atoms with van der Waals surface area (Å²) >= 11 is -0.893. The quantitative estimate of drug-likeness (QED) is 0.725. The molecule has 31 valence electrons. The van der Waals surface area contributed by atoms with Gasteiger partial charge in [0.15, 0.2) is 0 Å². The average molecular weight is 261 g/mol. The monoisotopic (exact) mass is 261 g/mol. The van der Waals surface area contributed by atoms with Gasteiger partial charge >= 0.3 is 45.0 Å². The number of rotatable bonds is 2. The molecule has 0 aliphatic heterocycles. The minimum absolute atomic E-state index is 0.792. The molecule has 0 unspecified atom stereocenters. The Bertz CT molecular complexity index is 17.1. The van der Waals surface area contributed by atoms with Crippen LogP contribution in [0.2, 0.25) is 0 Å². The van der Waals surface area contributed by atoms with Gasteiger partial charge in [-0.25, -0.2) is 0 Å². The zero-order valence-electron chi connectivity index (χ0n) is 2.94. The van der Waals surface area contributed by atoms with Crippen molar-refractivity contribution in [2.24, 2.45) is 0 Å². The third kappa shape index (κ3) is 4.99. The van der Waals surface area contributed by atoms with Gasteiger partial charge in [-0.15, -0.1) is 0 Å². The summed E-state index contributed by atoms with van der Waals surface area (Å²) in [5, 5.41) is 0. The Balaban J connectivity index is 2.19. The molecule has 0 spiro atoms. The van der Waals surface area contributed by atoms with E-state index in [0.29, 0.717) is 0 Å². The van der Waals surface area contributed by atoms with E-state index in [1.807, 2.05) is 6.92 Å². The van der Waals surface area contributed by atoms with Crippen LogP contribution in [0.25, 0.3) is 0 Å². The van der Waals surface area contributed by atoms with E-state index >= 15 is 0 Å². The topological polar surface area (TPSA) is 9.23 Å². The molecule has 0 saturated heterocycles. The van der Waals surface area contributed by atoms with Crippen LogP contribution in [-0.2, 0) is 22.3 Å². The van der Waals surface area contributed by atoms with Crippen LogP contribution < -0.4 is 0 Å². The van der Waals surface area contributed by atoms with Crippen molar-refractivity contribution in [2.45, 2.75) is 6.92 Å². The van der Waals surface area contributed by atoms with E-state index in [9.17, 15) is 0 Å². The van der Waals surface area contributed by atoms with E-state index in [-0.39, 0.29) is 0 Å². The van der Waals surface area contributed by atoms with Gasteiger partial charge in [-0.1, -0.05) is 0 Å². The molecule has 0 aromatic carbocycles. The van der Waals surface area contributed by atoms with E-state index in [0.717, 1.165) is 6.61 Å². The summed E-state index contributed by atoms with van der Waals surface area (Å²) in [6, 6.07) is 0. The second kappa shape index (κ2) is 4.99. The van der Waals surface area contributed by atoms with Gasteiger partial charge in [-0.3, -0.25) is 0 Å². The Hall–Kier alpha value is 0.990. The second-order valence-corrected chi connectivity index (χ2v) is 3.04. The van der Waals surface area contributed by atoms with Crippen LogP contribution in [0.1, 0.15) is 6.92 Å². The molecule has 0 N–H and O–H groups in total. The van der Waals surface area contributed by atoms with Crippen LogP contribution in [0.15, 0.2) is 0 Å². The molecule has 0 aromatic rings. The average Bonchev–Trinajstić information content (AvgIpc) is 1.41. The molecule has 0 bridgehead atoms. The zero-order valence-corrected chi connectivity index (χ0v) is 6.91. The molecule has 0 heterocycles. The molecule has 0 saturated carbocycles. The summed E-state index contributed by atoms with van der Waals surface area (Å²) in [7, 11) is 5.26. The molecule has 0 radical (unpaired) electrons. The van der Waals surface area contributed by atoms with Gasteiger partial charge in [0.1, 0.15) is 0 Å². The fraction of sp³-hybridized carbons (Fsp3) is 1.00. The van der Waals surface area contributed by atoms with Crippen molar-refractivity contribution in [1.82, 2.24) is 0 Å². The van der Waals surface area contributed by atoms with Crippen molar-refractivity contribution in [3.8, 4) is 0 Å². The van der Waals surface area contributed by atoms with Crippen LogP contribution in [0.5, 0.6) is 0 Å². The van der Waals surface area contributed by atoms with E-state index in [1.165, 1.54) is 0 Å². The summed E-state index contributed by atoms with van der Waals surface area (Å²) in [5.74, 6) is 0. The third-order valence-electron chi connectivity index (χ3n) is 0.178. The minimum atomic E-state index is -0.893. The molecule has 0 rings (SSSR count). The van der Waals surface area contributed by atoms with E-state index in [1.54, 1.807) is 0 Å². The molecule has 0 aliphatic carbocycles. The van der Waals surface area contributed by atoms with Crippen LogP contribution >= 0.6 is 9.19 Å². The number of halogens is 1. The maximum absolute atomic E-state index is 5.26. The summed E-state index contributed by atoms with van der Waals surface area (Å²) in [6.45, 7) is 2.74. The molecule has 0 fully saturated rings. The molecular formula is C2H5ClOTa. The Kier molecular flexibility index (Phi) is 5.98. The molecular weight excluding hydrogens is 256 g/mol. The predicted molar refractivity (Wildman–Crippen MR) is 17.5 cm³/mol. The van der Waals surface area contributed by atoms with Crippen molar-refractivity contribution in [3.05, 3.63) is 0 Å².